The number of benzene rings is 1. The summed E-state index contributed by atoms with van der Waals surface area (Å²) in [5.41, 5.74) is 4.28. The average Bonchev–Trinajstić information content (AvgIpc) is 3.21. The minimum Gasteiger partial charge on any atom is -0.307 e. The van der Waals surface area contributed by atoms with Crippen LogP contribution in [0.25, 0.3) is 11.3 Å². The number of rotatable bonds is 4. The van der Waals surface area contributed by atoms with Crippen LogP contribution < -0.4 is 0 Å². The molecule has 0 aliphatic rings. The van der Waals surface area contributed by atoms with Gasteiger partial charge in [0.2, 0.25) is 0 Å². The molecule has 0 radical (unpaired) electrons. The summed E-state index contributed by atoms with van der Waals surface area (Å²) in [6, 6.07) is 14.2. The van der Waals surface area contributed by atoms with E-state index in [1.807, 2.05) is 47.2 Å². The molecule has 114 valence electrons. The minimum atomic E-state index is 0.757. The number of aryl methyl sites for hydroxylation is 1. The van der Waals surface area contributed by atoms with Crippen molar-refractivity contribution in [2.75, 3.05) is 0 Å². The molecule has 0 amide bonds. The molecular weight excluding hydrogens is 306 g/mol. The van der Waals surface area contributed by atoms with E-state index in [9.17, 15) is 0 Å². The van der Waals surface area contributed by atoms with Gasteiger partial charge in [0.05, 0.1) is 5.69 Å². The topological polar surface area (TPSA) is 48.0 Å². The third kappa shape index (κ3) is 2.73. The summed E-state index contributed by atoms with van der Waals surface area (Å²) in [5, 5.41) is 9.12. The maximum Gasteiger partial charge on any atom is 0.195 e. The highest BCUT2D eigenvalue weighted by Gasteiger charge is 2.09. The van der Waals surface area contributed by atoms with Crippen LogP contribution in [0.4, 0.5) is 0 Å². The molecule has 0 N–H and O–H groups in total. The first kappa shape index (κ1) is 14.0. The number of aromatic nitrogens is 5. The van der Waals surface area contributed by atoms with Crippen molar-refractivity contribution in [3.8, 4) is 5.69 Å². The first-order valence-corrected chi connectivity index (χ1v) is 8.31. The fourth-order valence-electron chi connectivity index (χ4n) is 2.50. The molecule has 0 unspecified atom stereocenters. The van der Waals surface area contributed by atoms with Crippen LogP contribution >= 0.6 is 11.8 Å². The van der Waals surface area contributed by atoms with E-state index in [1.165, 1.54) is 5.56 Å². The number of nitrogens with zero attached hydrogens (tertiary/aromatic N) is 5. The molecule has 0 aliphatic carbocycles. The molecule has 0 fully saturated rings. The molecular formula is C17H15N5S. The van der Waals surface area contributed by atoms with Gasteiger partial charge in [-0.25, -0.2) is 4.98 Å². The van der Waals surface area contributed by atoms with Crippen LogP contribution in [0.2, 0.25) is 0 Å². The predicted octanol–water partition coefficient (Wildman–Crippen LogP) is 3.52. The number of hydrogen-bond acceptors (Lipinski definition) is 4. The van der Waals surface area contributed by atoms with E-state index in [-0.39, 0.29) is 0 Å². The summed E-state index contributed by atoms with van der Waals surface area (Å²) in [4.78, 5) is 4.70. The summed E-state index contributed by atoms with van der Waals surface area (Å²) >= 11 is 1.64. The molecule has 3 heterocycles. The van der Waals surface area contributed by atoms with Gasteiger partial charge in [0.1, 0.15) is 12.0 Å². The lowest BCUT2D eigenvalue weighted by Gasteiger charge is -2.04. The normalized spacial score (nSPS) is 11.2. The number of para-hydroxylation sites is 1. The number of thioether (sulfide) groups is 1. The Hall–Kier alpha value is -2.60. The van der Waals surface area contributed by atoms with E-state index < -0.39 is 0 Å². The molecule has 4 rings (SSSR count). The molecule has 5 nitrogen and oxygen atoms in total. The third-order valence-corrected chi connectivity index (χ3v) is 4.60. The molecule has 0 atom stereocenters. The number of pyridine rings is 1. The third-order valence-electron chi connectivity index (χ3n) is 3.63. The van der Waals surface area contributed by atoms with Crippen molar-refractivity contribution < 1.29 is 0 Å². The Morgan fingerprint density at radius 3 is 2.78 bits per heavy atom. The van der Waals surface area contributed by atoms with Gasteiger partial charge in [0, 0.05) is 23.8 Å². The largest absolute Gasteiger partial charge is 0.307 e. The first-order chi connectivity index (χ1) is 11.3. The quantitative estimate of drug-likeness (QED) is 0.540. The van der Waals surface area contributed by atoms with Crippen molar-refractivity contribution in [2.45, 2.75) is 17.8 Å². The lowest BCUT2D eigenvalue weighted by Crippen LogP contribution is -1.94. The van der Waals surface area contributed by atoms with Gasteiger partial charge in [-0.2, -0.15) is 0 Å². The lowest BCUT2D eigenvalue weighted by molar-refractivity contribution is 0.883. The lowest BCUT2D eigenvalue weighted by atomic mass is 10.3. The van der Waals surface area contributed by atoms with Crippen LogP contribution in [0.15, 0.2) is 66.3 Å². The SMILES string of the molecule is Cc1cccn2cc(CSc3nncn3-c3ccccc3)nc12. The summed E-state index contributed by atoms with van der Waals surface area (Å²) < 4.78 is 4.05. The smallest absolute Gasteiger partial charge is 0.195 e. The standard InChI is InChI=1S/C17H15N5S/c1-13-6-5-9-21-10-14(19-16(13)21)11-23-17-20-18-12-22(17)15-7-3-2-4-8-15/h2-10,12H,11H2,1H3. The fraction of sp³-hybridized carbons (Fsp3) is 0.118. The van der Waals surface area contributed by atoms with E-state index in [0.29, 0.717) is 0 Å². The van der Waals surface area contributed by atoms with Gasteiger partial charge in [0.15, 0.2) is 5.16 Å². The molecule has 0 spiro atoms. The van der Waals surface area contributed by atoms with Crippen molar-refractivity contribution in [1.29, 1.82) is 0 Å². The number of fused-ring (bicyclic) bond motifs is 1. The second-order valence-electron chi connectivity index (χ2n) is 5.26. The molecule has 0 saturated carbocycles. The fourth-order valence-corrected chi connectivity index (χ4v) is 3.31. The summed E-state index contributed by atoms with van der Waals surface area (Å²) in [7, 11) is 0. The first-order valence-electron chi connectivity index (χ1n) is 7.33. The Balaban J connectivity index is 1.57. The van der Waals surface area contributed by atoms with Gasteiger partial charge < -0.3 is 4.40 Å². The molecule has 3 aromatic heterocycles. The van der Waals surface area contributed by atoms with Gasteiger partial charge in [-0.15, -0.1) is 10.2 Å². The zero-order valence-corrected chi connectivity index (χ0v) is 13.4. The van der Waals surface area contributed by atoms with Crippen LogP contribution in [-0.2, 0) is 5.75 Å². The van der Waals surface area contributed by atoms with Gasteiger partial charge in [0.25, 0.3) is 0 Å². The molecule has 0 saturated heterocycles. The van der Waals surface area contributed by atoms with Crippen LogP contribution in [0.1, 0.15) is 11.3 Å². The van der Waals surface area contributed by atoms with E-state index in [1.54, 1.807) is 18.1 Å². The van der Waals surface area contributed by atoms with E-state index in [2.05, 4.69) is 33.8 Å². The van der Waals surface area contributed by atoms with E-state index >= 15 is 0 Å². The minimum absolute atomic E-state index is 0.757. The van der Waals surface area contributed by atoms with Crippen LogP contribution in [0.5, 0.6) is 0 Å². The maximum atomic E-state index is 4.70. The van der Waals surface area contributed by atoms with Gasteiger partial charge in [-0.05, 0) is 30.7 Å². The zero-order valence-electron chi connectivity index (χ0n) is 12.6. The molecule has 6 heteroatoms. The van der Waals surface area contributed by atoms with Gasteiger partial charge in [-0.1, -0.05) is 36.0 Å². The molecule has 0 aliphatic heterocycles. The van der Waals surface area contributed by atoms with Crippen LogP contribution in [0, 0.1) is 6.92 Å². The van der Waals surface area contributed by atoms with Crippen molar-refractivity contribution in [1.82, 2.24) is 24.1 Å². The summed E-state index contributed by atoms with van der Waals surface area (Å²) in [6.45, 7) is 2.07. The average molecular weight is 321 g/mol. The zero-order chi connectivity index (χ0) is 15.6. The number of imidazole rings is 1. The Kier molecular flexibility index (Phi) is 3.59. The van der Waals surface area contributed by atoms with Crippen molar-refractivity contribution in [3.63, 3.8) is 0 Å². The molecule has 1 aromatic carbocycles. The van der Waals surface area contributed by atoms with E-state index in [0.717, 1.165) is 27.9 Å². The van der Waals surface area contributed by atoms with Gasteiger partial charge >= 0.3 is 0 Å². The highest BCUT2D eigenvalue weighted by Crippen LogP contribution is 2.23. The monoisotopic (exact) mass is 321 g/mol. The number of hydrogen-bond donors (Lipinski definition) is 0. The second kappa shape index (κ2) is 5.89. The van der Waals surface area contributed by atoms with Crippen LogP contribution in [-0.4, -0.2) is 24.1 Å². The van der Waals surface area contributed by atoms with Crippen molar-refractivity contribution >= 4 is 17.4 Å². The molecule has 0 bridgehead atoms. The predicted molar refractivity (Wildman–Crippen MR) is 90.8 cm³/mol. The Morgan fingerprint density at radius 2 is 1.96 bits per heavy atom. The van der Waals surface area contributed by atoms with E-state index in [4.69, 9.17) is 4.98 Å². The highest BCUT2D eigenvalue weighted by atomic mass is 32.2. The Bertz CT molecular complexity index is 942. The van der Waals surface area contributed by atoms with Crippen molar-refractivity contribution in [2.24, 2.45) is 0 Å². The van der Waals surface area contributed by atoms with Crippen molar-refractivity contribution in [3.05, 3.63) is 72.4 Å². The molecule has 23 heavy (non-hydrogen) atoms. The Morgan fingerprint density at radius 1 is 1.09 bits per heavy atom. The molecule has 4 aromatic rings. The summed E-state index contributed by atoms with van der Waals surface area (Å²) in [5.74, 6) is 0.757. The highest BCUT2D eigenvalue weighted by molar-refractivity contribution is 7.98. The van der Waals surface area contributed by atoms with Crippen LogP contribution in [0.3, 0.4) is 0 Å². The summed E-state index contributed by atoms with van der Waals surface area (Å²) in [6.07, 6.45) is 5.83. The Labute approximate surface area is 138 Å². The maximum absolute atomic E-state index is 4.70. The second-order valence-corrected chi connectivity index (χ2v) is 6.20. The van der Waals surface area contributed by atoms with Gasteiger partial charge in [-0.3, -0.25) is 4.57 Å².